The van der Waals surface area contributed by atoms with Crippen LogP contribution in [0.3, 0.4) is 0 Å². The standard InChI is InChI=1S/C19H22N4O3/c1-3-22-9-10-23(19(22)25)17-8-7-15(13-20-17)21-18(24)12-14-5-4-6-16(11-14)26-2/h4-8,11,13H,3,9-10,12H2,1-2H3,(H,21,24). The van der Waals surface area contributed by atoms with E-state index in [-0.39, 0.29) is 18.4 Å². The van der Waals surface area contributed by atoms with E-state index >= 15 is 0 Å². The van der Waals surface area contributed by atoms with Crippen LogP contribution in [0.2, 0.25) is 0 Å². The van der Waals surface area contributed by atoms with Crippen molar-refractivity contribution in [1.82, 2.24) is 9.88 Å². The number of amides is 3. The van der Waals surface area contributed by atoms with Crippen LogP contribution < -0.4 is 15.0 Å². The first-order chi connectivity index (χ1) is 12.6. The number of rotatable bonds is 6. The lowest BCUT2D eigenvalue weighted by Gasteiger charge is -2.16. The van der Waals surface area contributed by atoms with Gasteiger partial charge >= 0.3 is 6.03 Å². The van der Waals surface area contributed by atoms with Gasteiger partial charge in [-0.05, 0) is 36.8 Å². The molecule has 0 bridgehead atoms. The lowest BCUT2D eigenvalue weighted by molar-refractivity contribution is -0.115. The first kappa shape index (κ1) is 17.7. The smallest absolute Gasteiger partial charge is 0.325 e. The number of hydrogen-bond donors (Lipinski definition) is 1. The Balaban J connectivity index is 1.60. The first-order valence-electron chi connectivity index (χ1n) is 8.56. The number of urea groups is 1. The number of likely N-dealkylation sites (N-methyl/N-ethyl adjacent to an activating group) is 1. The molecule has 0 atom stereocenters. The summed E-state index contributed by atoms with van der Waals surface area (Å²) in [5.41, 5.74) is 1.47. The second kappa shape index (κ2) is 7.86. The Morgan fingerprint density at radius 3 is 2.77 bits per heavy atom. The first-order valence-corrected chi connectivity index (χ1v) is 8.56. The highest BCUT2D eigenvalue weighted by Crippen LogP contribution is 2.20. The van der Waals surface area contributed by atoms with Crippen LogP contribution >= 0.6 is 0 Å². The fraction of sp³-hybridized carbons (Fsp3) is 0.316. The molecule has 3 amide bonds. The summed E-state index contributed by atoms with van der Waals surface area (Å²) in [6, 6.07) is 10.9. The van der Waals surface area contributed by atoms with E-state index < -0.39 is 0 Å². The van der Waals surface area contributed by atoms with E-state index in [4.69, 9.17) is 4.74 Å². The fourth-order valence-corrected chi connectivity index (χ4v) is 2.88. The zero-order valence-corrected chi connectivity index (χ0v) is 14.9. The van der Waals surface area contributed by atoms with Crippen LogP contribution in [-0.4, -0.2) is 48.6 Å². The summed E-state index contributed by atoms with van der Waals surface area (Å²) in [6.07, 6.45) is 1.82. The molecule has 2 heterocycles. The summed E-state index contributed by atoms with van der Waals surface area (Å²) >= 11 is 0. The maximum atomic E-state index is 12.2. The fourth-order valence-electron chi connectivity index (χ4n) is 2.88. The number of aromatic nitrogens is 1. The van der Waals surface area contributed by atoms with Gasteiger partial charge in [0.05, 0.1) is 25.4 Å². The van der Waals surface area contributed by atoms with Gasteiger partial charge in [0.2, 0.25) is 5.91 Å². The second-order valence-corrected chi connectivity index (χ2v) is 6.00. The largest absolute Gasteiger partial charge is 0.497 e. The van der Waals surface area contributed by atoms with Crippen LogP contribution in [0.1, 0.15) is 12.5 Å². The zero-order chi connectivity index (χ0) is 18.5. The van der Waals surface area contributed by atoms with E-state index in [0.29, 0.717) is 31.1 Å². The number of carbonyl (C=O) groups excluding carboxylic acids is 2. The van der Waals surface area contributed by atoms with Crippen LogP contribution in [-0.2, 0) is 11.2 Å². The summed E-state index contributed by atoms with van der Waals surface area (Å²) in [5, 5.41) is 2.82. The van der Waals surface area contributed by atoms with Crippen LogP contribution in [0.25, 0.3) is 0 Å². The Labute approximate surface area is 152 Å². The van der Waals surface area contributed by atoms with Crippen LogP contribution in [0.5, 0.6) is 5.75 Å². The van der Waals surface area contributed by atoms with Gasteiger partial charge in [0.15, 0.2) is 0 Å². The third-order valence-electron chi connectivity index (χ3n) is 4.28. The summed E-state index contributed by atoms with van der Waals surface area (Å²) in [4.78, 5) is 32.1. The van der Waals surface area contributed by atoms with Crippen molar-refractivity contribution in [3.8, 4) is 5.75 Å². The molecule has 3 rings (SSSR count). The van der Waals surface area contributed by atoms with Gasteiger partial charge in [-0.1, -0.05) is 12.1 Å². The third-order valence-corrected chi connectivity index (χ3v) is 4.28. The van der Waals surface area contributed by atoms with E-state index in [1.165, 1.54) is 0 Å². The lowest BCUT2D eigenvalue weighted by Crippen LogP contribution is -2.32. The van der Waals surface area contributed by atoms with Gasteiger partial charge in [-0.15, -0.1) is 0 Å². The monoisotopic (exact) mass is 354 g/mol. The molecule has 7 heteroatoms. The molecule has 1 aliphatic heterocycles. The van der Waals surface area contributed by atoms with Gasteiger partial charge in [-0.3, -0.25) is 9.69 Å². The van der Waals surface area contributed by atoms with Crippen LogP contribution in [0, 0.1) is 0 Å². The number of ether oxygens (including phenoxy) is 1. The van der Waals surface area contributed by atoms with Crippen LogP contribution in [0.4, 0.5) is 16.3 Å². The molecular formula is C19H22N4O3. The lowest BCUT2D eigenvalue weighted by atomic mass is 10.1. The van der Waals surface area contributed by atoms with Crippen molar-refractivity contribution in [2.75, 3.05) is 37.0 Å². The second-order valence-electron chi connectivity index (χ2n) is 6.00. The maximum absolute atomic E-state index is 12.2. The molecule has 26 heavy (non-hydrogen) atoms. The minimum absolute atomic E-state index is 0.0326. The van der Waals surface area contributed by atoms with E-state index in [9.17, 15) is 9.59 Å². The number of anilines is 2. The minimum atomic E-state index is -0.137. The molecule has 0 spiro atoms. The van der Waals surface area contributed by atoms with Gasteiger partial charge in [0.25, 0.3) is 0 Å². The van der Waals surface area contributed by atoms with Crippen molar-refractivity contribution in [1.29, 1.82) is 0 Å². The molecule has 1 aromatic carbocycles. The van der Waals surface area contributed by atoms with Crippen molar-refractivity contribution in [3.05, 3.63) is 48.2 Å². The van der Waals surface area contributed by atoms with Crippen molar-refractivity contribution >= 4 is 23.4 Å². The summed E-state index contributed by atoms with van der Waals surface area (Å²) in [6.45, 7) is 3.97. The zero-order valence-electron chi connectivity index (χ0n) is 14.9. The predicted octanol–water partition coefficient (Wildman–Crippen LogP) is 2.53. The minimum Gasteiger partial charge on any atom is -0.497 e. The topological polar surface area (TPSA) is 74.8 Å². The Kier molecular flexibility index (Phi) is 5.36. The Bertz CT molecular complexity index is 792. The molecule has 2 aromatic rings. The quantitative estimate of drug-likeness (QED) is 0.865. The average molecular weight is 354 g/mol. The molecule has 1 N–H and O–H groups in total. The Morgan fingerprint density at radius 2 is 2.12 bits per heavy atom. The van der Waals surface area contributed by atoms with Gasteiger partial charge in [-0.25, -0.2) is 9.78 Å². The highest BCUT2D eigenvalue weighted by atomic mass is 16.5. The molecular weight excluding hydrogens is 332 g/mol. The predicted molar refractivity (Wildman–Crippen MR) is 99.6 cm³/mol. The van der Waals surface area contributed by atoms with E-state index in [1.807, 2.05) is 31.2 Å². The SMILES string of the molecule is CCN1CCN(c2ccc(NC(=O)Cc3cccc(OC)c3)cn2)C1=O. The van der Waals surface area contributed by atoms with Crippen molar-refractivity contribution < 1.29 is 14.3 Å². The molecule has 1 aromatic heterocycles. The summed E-state index contributed by atoms with van der Waals surface area (Å²) in [7, 11) is 1.59. The number of nitrogens with one attached hydrogen (secondary N) is 1. The molecule has 0 aliphatic carbocycles. The molecule has 7 nitrogen and oxygen atoms in total. The van der Waals surface area contributed by atoms with E-state index in [0.717, 1.165) is 11.3 Å². The maximum Gasteiger partial charge on any atom is 0.325 e. The highest BCUT2D eigenvalue weighted by Gasteiger charge is 2.28. The normalized spacial score (nSPS) is 13.8. The molecule has 1 fully saturated rings. The van der Waals surface area contributed by atoms with Crippen molar-refractivity contribution in [2.45, 2.75) is 13.3 Å². The summed E-state index contributed by atoms with van der Waals surface area (Å²) in [5.74, 6) is 1.18. The molecule has 1 saturated heterocycles. The van der Waals surface area contributed by atoms with E-state index in [1.54, 1.807) is 35.2 Å². The van der Waals surface area contributed by atoms with E-state index in [2.05, 4.69) is 10.3 Å². The van der Waals surface area contributed by atoms with Crippen LogP contribution in [0.15, 0.2) is 42.6 Å². The number of carbonyl (C=O) groups is 2. The number of pyridine rings is 1. The van der Waals surface area contributed by atoms with Gasteiger partial charge in [0.1, 0.15) is 11.6 Å². The molecule has 1 aliphatic rings. The molecule has 0 radical (unpaired) electrons. The Morgan fingerprint density at radius 1 is 1.27 bits per heavy atom. The average Bonchev–Trinajstić information content (AvgIpc) is 3.03. The van der Waals surface area contributed by atoms with Gasteiger partial charge < -0.3 is 15.0 Å². The number of benzene rings is 1. The number of hydrogen-bond acceptors (Lipinski definition) is 4. The third kappa shape index (κ3) is 3.93. The number of nitrogens with zero attached hydrogens (tertiary/aromatic N) is 3. The van der Waals surface area contributed by atoms with Gasteiger partial charge in [-0.2, -0.15) is 0 Å². The highest BCUT2D eigenvalue weighted by molar-refractivity contribution is 5.94. The number of methoxy groups -OCH3 is 1. The van der Waals surface area contributed by atoms with Crippen molar-refractivity contribution in [3.63, 3.8) is 0 Å². The molecule has 0 unspecified atom stereocenters. The van der Waals surface area contributed by atoms with Gasteiger partial charge in [0, 0.05) is 19.6 Å². The summed E-state index contributed by atoms with van der Waals surface area (Å²) < 4.78 is 5.16. The Hall–Kier alpha value is -3.09. The molecule has 136 valence electrons. The van der Waals surface area contributed by atoms with Crippen molar-refractivity contribution in [2.24, 2.45) is 0 Å². The molecule has 0 saturated carbocycles.